The second-order valence-electron chi connectivity index (χ2n) is 5.73. The average Bonchev–Trinajstić information content (AvgIpc) is 2.90. The minimum atomic E-state index is 0.386. The molecule has 0 saturated carbocycles. The van der Waals surface area contributed by atoms with Crippen molar-refractivity contribution in [3.8, 4) is 23.6 Å². The van der Waals surface area contributed by atoms with Crippen molar-refractivity contribution in [2.24, 2.45) is 0 Å². The predicted octanol–water partition coefficient (Wildman–Crippen LogP) is 2.96. The Morgan fingerprint density at radius 2 is 1.33 bits per heavy atom. The Kier molecular flexibility index (Phi) is 2.94. The fourth-order valence-corrected chi connectivity index (χ4v) is 3.63. The number of hydrogen-bond donors (Lipinski definition) is 0. The summed E-state index contributed by atoms with van der Waals surface area (Å²) in [7, 11) is 0. The molecule has 0 spiro atoms. The zero-order valence-electron chi connectivity index (χ0n) is 12.0. The maximum Gasteiger partial charge on any atom is 0.0615 e. The first-order valence-corrected chi connectivity index (χ1v) is 7.52. The van der Waals surface area contributed by atoms with E-state index in [1.165, 1.54) is 22.3 Å². The van der Waals surface area contributed by atoms with E-state index in [0.29, 0.717) is 6.04 Å². The zero-order valence-corrected chi connectivity index (χ0v) is 12.0. The van der Waals surface area contributed by atoms with Crippen LogP contribution in [-0.4, -0.2) is 36.0 Å². The number of benzene rings is 2. The van der Waals surface area contributed by atoms with Crippen LogP contribution in [0.25, 0.3) is 11.1 Å². The second kappa shape index (κ2) is 4.95. The highest BCUT2D eigenvalue weighted by Gasteiger charge is 2.33. The number of fused-ring (bicyclic) bond motifs is 3. The van der Waals surface area contributed by atoms with Gasteiger partial charge in [0.15, 0.2) is 0 Å². The van der Waals surface area contributed by atoms with Crippen molar-refractivity contribution < 1.29 is 0 Å². The zero-order chi connectivity index (χ0) is 14.2. The third-order valence-electron chi connectivity index (χ3n) is 4.66. The van der Waals surface area contributed by atoms with Gasteiger partial charge in [-0.3, -0.25) is 4.90 Å². The second-order valence-corrected chi connectivity index (χ2v) is 5.73. The highest BCUT2D eigenvalue weighted by Crippen LogP contribution is 2.46. The van der Waals surface area contributed by atoms with Gasteiger partial charge in [-0.05, 0) is 22.3 Å². The molecule has 0 bridgehead atoms. The van der Waals surface area contributed by atoms with Crippen LogP contribution in [0.15, 0.2) is 48.5 Å². The van der Waals surface area contributed by atoms with E-state index >= 15 is 0 Å². The molecule has 4 rings (SSSR count). The molecule has 0 unspecified atom stereocenters. The molecule has 104 valence electrons. The van der Waals surface area contributed by atoms with Crippen LogP contribution >= 0.6 is 0 Å². The Morgan fingerprint density at radius 3 is 1.86 bits per heavy atom. The lowest BCUT2D eigenvalue weighted by Gasteiger charge is -2.37. The number of piperazine rings is 1. The Balaban J connectivity index is 1.74. The van der Waals surface area contributed by atoms with Gasteiger partial charge < -0.3 is 4.90 Å². The molecule has 1 aliphatic heterocycles. The normalized spacial score (nSPS) is 18.1. The molecule has 0 aromatic heterocycles. The summed E-state index contributed by atoms with van der Waals surface area (Å²) in [5.41, 5.74) is 5.65. The maximum absolute atomic E-state index is 5.51. The van der Waals surface area contributed by atoms with Crippen LogP contribution in [0.2, 0.25) is 0 Å². The Morgan fingerprint density at radius 1 is 0.810 bits per heavy atom. The van der Waals surface area contributed by atoms with Crippen LogP contribution in [0.1, 0.15) is 17.2 Å². The summed E-state index contributed by atoms with van der Waals surface area (Å²) in [5, 5.41) is 0. The molecule has 0 amide bonds. The van der Waals surface area contributed by atoms with E-state index in [0.717, 1.165) is 26.2 Å². The van der Waals surface area contributed by atoms with Crippen LogP contribution in [0.4, 0.5) is 0 Å². The molecule has 21 heavy (non-hydrogen) atoms. The van der Waals surface area contributed by atoms with E-state index in [2.05, 4.69) is 64.4 Å². The van der Waals surface area contributed by atoms with Crippen molar-refractivity contribution >= 4 is 0 Å². The Hall–Kier alpha value is -2.24. The molecule has 0 radical (unpaired) electrons. The van der Waals surface area contributed by atoms with Gasteiger partial charge in [-0.1, -0.05) is 55.0 Å². The van der Waals surface area contributed by atoms with Crippen LogP contribution in [0.5, 0.6) is 0 Å². The van der Waals surface area contributed by atoms with Gasteiger partial charge in [-0.15, -0.1) is 0 Å². The SMILES string of the molecule is C#CN1CCN(C2c3ccccc3-c3ccccc32)CC1. The fourth-order valence-electron chi connectivity index (χ4n) is 3.63. The van der Waals surface area contributed by atoms with Gasteiger partial charge in [0.1, 0.15) is 0 Å². The monoisotopic (exact) mass is 274 g/mol. The molecular weight excluding hydrogens is 256 g/mol. The molecule has 1 fully saturated rings. The maximum atomic E-state index is 5.51. The van der Waals surface area contributed by atoms with Gasteiger partial charge in [0.05, 0.1) is 6.04 Å². The first-order chi connectivity index (χ1) is 10.4. The van der Waals surface area contributed by atoms with Gasteiger partial charge in [-0.2, -0.15) is 0 Å². The molecule has 2 aromatic carbocycles. The summed E-state index contributed by atoms with van der Waals surface area (Å²) in [6.07, 6.45) is 5.51. The standard InChI is InChI=1S/C19H18N2/c1-2-20-11-13-21(14-12-20)19-17-9-5-3-7-15(17)16-8-4-6-10-18(16)19/h1,3-10,19H,11-14H2. The quantitative estimate of drug-likeness (QED) is 0.738. The summed E-state index contributed by atoms with van der Waals surface area (Å²) >= 11 is 0. The average molecular weight is 274 g/mol. The predicted molar refractivity (Wildman–Crippen MR) is 85.7 cm³/mol. The number of hydrogen-bond acceptors (Lipinski definition) is 2. The summed E-state index contributed by atoms with van der Waals surface area (Å²) < 4.78 is 0. The van der Waals surface area contributed by atoms with E-state index in [9.17, 15) is 0 Å². The number of rotatable bonds is 1. The first kappa shape index (κ1) is 12.5. The van der Waals surface area contributed by atoms with Gasteiger partial charge in [0, 0.05) is 32.2 Å². The highest BCUT2D eigenvalue weighted by atomic mass is 15.3. The smallest absolute Gasteiger partial charge is 0.0615 e. The summed E-state index contributed by atoms with van der Waals surface area (Å²) in [6.45, 7) is 3.96. The van der Waals surface area contributed by atoms with Gasteiger partial charge in [-0.25, -0.2) is 0 Å². The topological polar surface area (TPSA) is 6.48 Å². The lowest BCUT2D eigenvalue weighted by atomic mass is 10.0. The van der Waals surface area contributed by atoms with Crippen LogP contribution in [-0.2, 0) is 0 Å². The van der Waals surface area contributed by atoms with Crippen molar-refractivity contribution in [3.63, 3.8) is 0 Å². The third-order valence-corrected chi connectivity index (χ3v) is 4.66. The number of terminal acetylenes is 1. The van der Waals surface area contributed by atoms with Crippen molar-refractivity contribution in [1.29, 1.82) is 0 Å². The molecule has 0 N–H and O–H groups in total. The third kappa shape index (κ3) is 1.93. The van der Waals surface area contributed by atoms with Crippen LogP contribution < -0.4 is 0 Å². The molecule has 2 heteroatoms. The van der Waals surface area contributed by atoms with Crippen molar-refractivity contribution in [2.75, 3.05) is 26.2 Å². The highest BCUT2D eigenvalue weighted by molar-refractivity contribution is 5.78. The summed E-state index contributed by atoms with van der Waals surface area (Å²) in [6, 6.07) is 20.7. The van der Waals surface area contributed by atoms with E-state index < -0.39 is 0 Å². The molecule has 2 aliphatic rings. The Labute approximate surface area is 126 Å². The fraction of sp³-hybridized carbons (Fsp3) is 0.263. The molecule has 1 saturated heterocycles. The minimum Gasteiger partial charge on any atom is -0.330 e. The Bertz CT molecular complexity index is 660. The summed E-state index contributed by atoms with van der Waals surface area (Å²) in [4.78, 5) is 4.64. The largest absolute Gasteiger partial charge is 0.330 e. The van der Waals surface area contributed by atoms with E-state index in [-0.39, 0.29) is 0 Å². The van der Waals surface area contributed by atoms with Crippen LogP contribution in [0.3, 0.4) is 0 Å². The molecule has 2 aromatic rings. The summed E-state index contributed by atoms with van der Waals surface area (Å²) in [5.74, 6) is 0. The molecule has 0 atom stereocenters. The molecule has 1 heterocycles. The first-order valence-electron chi connectivity index (χ1n) is 7.52. The molecule has 2 nitrogen and oxygen atoms in total. The van der Waals surface area contributed by atoms with E-state index in [1.54, 1.807) is 0 Å². The van der Waals surface area contributed by atoms with Gasteiger partial charge in [0.25, 0.3) is 0 Å². The lowest BCUT2D eigenvalue weighted by molar-refractivity contribution is 0.147. The van der Waals surface area contributed by atoms with E-state index in [4.69, 9.17) is 6.42 Å². The van der Waals surface area contributed by atoms with Gasteiger partial charge in [0.2, 0.25) is 0 Å². The van der Waals surface area contributed by atoms with Gasteiger partial charge >= 0.3 is 0 Å². The molecular formula is C19H18N2. The number of nitrogens with zero attached hydrogens (tertiary/aromatic N) is 2. The van der Waals surface area contributed by atoms with Crippen molar-refractivity contribution in [3.05, 3.63) is 59.7 Å². The van der Waals surface area contributed by atoms with Crippen molar-refractivity contribution in [1.82, 2.24) is 9.80 Å². The van der Waals surface area contributed by atoms with Crippen molar-refractivity contribution in [2.45, 2.75) is 6.04 Å². The lowest BCUT2D eigenvalue weighted by Crippen LogP contribution is -2.45. The molecule has 1 aliphatic carbocycles. The van der Waals surface area contributed by atoms with Crippen LogP contribution in [0, 0.1) is 12.5 Å². The van der Waals surface area contributed by atoms with E-state index in [1.807, 2.05) is 0 Å². The minimum absolute atomic E-state index is 0.386.